The largest absolute Gasteiger partial charge is 0.494 e. The van der Waals surface area contributed by atoms with Crippen molar-refractivity contribution in [1.82, 2.24) is 15.5 Å². The fourth-order valence-corrected chi connectivity index (χ4v) is 4.10. The first-order valence-electron chi connectivity index (χ1n) is 11.1. The van der Waals surface area contributed by atoms with E-state index in [-0.39, 0.29) is 23.5 Å². The van der Waals surface area contributed by atoms with Crippen LogP contribution in [0.5, 0.6) is 5.75 Å². The van der Waals surface area contributed by atoms with Crippen LogP contribution in [0, 0.1) is 5.92 Å². The minimum atomic E-state index is -0.109. The number of nitrogens with one attached hydrogen (secondary N) is 2. The van der Waals surface area contributed by atoms with Crippen molar-refractivity contribution in [2.24, 2.45) is 5.92 Å². The Bertz CT molecular complexity index is 876. The normalized spacial score (nSPS) is 15.8. The van der Waals surface area contributed by atoms with E-state index in [0.29, 0.717) is 24.7 Å². The van der Waals surface area contributed by atoms with Gasteiger partial charge in [-0.1, -0.05) is 18.7 Å². The summed E-state index contributed by atoms with van der Waals surface area (Å²) in [5.74, 6) is 1.78. The van der Waals surface area contributed by atoms with Crippen LogP contribution in [0.25, 0.3) is 0 Å². The fourth-order valence-electron chi connectivity index (χ4n) is 3.49. The number of benzene rings is 1. The van der Waals surface area contributed by atoms with E-state index >= 15 is 0 Å². The molecule has 0 spiro atoms. The minimum absolute atomic E-state index is 0.0163. The average molecular weight is 458 g/mol. The summed E-state index contributed by atoms with van der Waals surface area (Å²) in [6.45, 7) is 6.82. The smallest absolute Gasteiger partial charge is 0.234 e. The molecule has 1 saturated heterocycles. The van der Waals surface area contributed by atoms with E-state index in [4.69, 9.17) is 4.74 Å². The van der Waals surface area contributed by atoms with Crippen LogP contribution < -0.4 is 20.3 Å². The Balaban J connectivity index is 1.46. The summed E-state index contributed by atoms with van der Waals surface area (Å²) >= 11 is 1.34. The summed E-state index contributed by atoms with van der Waals surface area (Å²) < 4.78 is 5.40. The highest BCUT2D eigenvalue weighted by atomic mass is 32.2. The summed E-state index contributed by atoms with van der Waals surface area (Å²) in [5, 5.41) is 15.1. The molecule has 1 aliphatic rings. The molecule has 32 heavy (non-hydrogen) atoms. The molecule has 2 heterocycles. The summed E-state index contributed by atoms with van der Waals surface area (Å²) in [4.78, 5) is 26.6. The molecule has 2 amide bonds. The van der Waals surface area contributed by atoms with Crippen molar-refractivity contribution in [3.8, 4) is 5.75 Å². The van der Waals surface area contributed by atoms with Gasteiger partial charge in [-0.25, -0.2) is 0 Å². The van der Waals surface area contributed by atoms with Gasteiger partial charge in [-0.05, 0) is 62.6 Å². The fraction of sp³-hybridized carbons (Fsp3) is 0.478. The third-order valence-electron chi connectivity index (χ3n) is 5.09. The van der Waals surface area contributed by atoms with Crippen LogP contribution in [-0.2, 0) is 9.59 Å². The van der Waals surface area contributed by atoms with Crippen LogP contribution in [-0.4, -0.2) is 54.0 Å². The highest BCUT2D eigenvalue weighted by Gasteiger charge is 2.26. The van der Waals surface area contributed by atoms with Gasteiger partial charge in [0.25, 0.3) is 0 Å². The highest BCUT2D eigenvalue weighted by molar-refractivity contribution is 7.99. The topological polar surface area (TPSA) is 96.5 Å². The lowest BCUT2D eigenvalue weighted by atomic mass is 9.97. The number of nitrogens with zero attached hydrogens (tertiary/aromatic N) is 3. The molecule has 1 fully saturated rings. The summed E-state index contributed by atoms with van der Waals surface area (Å²) in [6.07, 6.45) is 2.79. The van der Waals surface area contributed by atoms with Gasteiger partial charge in [-0.15, -0.1) is 10.2 Å². The first kappa shape index (κ1) is 23.8. The second kappa shape index (κ2) is 12.3. The zero-order valence-corrected chi connectivity index (χ0v) is 19.5. The molecule has 1 unspecified atom stereocenters. The molecular weight excluding hydrogens is 426 g/mol. The SMILES string of the molecule is CCCNC(=O)C1CCCN(c2ccc(SCC(=O)Nc3ccc(OCC)cc3)nn2)C1. The van der Waals surface area contributed by atoms with Gasteiger partial charge in [-0.3, -0.25) is 9.59 Å². The standard InChI is InChI=1S/C23H31N5O3S/c1-3-13-24-23(30)17-6-5-14-28(15-17)20-11-12-22(27-26-20)32-16-21(29)25-18-7-9-19(10-8-18)31-4-2/h7-12,17H,3-6,13-16H2,1-2H3,(H,24,30)(H,25,29). The van der Waals surface area contributed by atoms with Crippen LogP contribution in [0.15, 0.2) is 41.4 Å². The summed E-state index contributed by atoms with van der Waals surface area (Å²) in [6, 6.07) is 11.1. The van der Waals surface area contributed by atoms with Crippen molar-refractivity contribution < 1.29 is 14.3 Å². The number of rotatable bonds is 10. The predicted molar refractivity (Wildman–Crippen MR) is 127 cm³/mol. The van der Waals surface area contributed by atoms with Gasteiger partial charge in [0.1, 0.15) is 10.8 Å². The Kier molecular flexibility index (Phi) is 9.15. The number of aromatic nitrogens is 2. The summed E-state index contributed by atoms with van der Waals surface area (Å²) in [5.41, 5.74) is 0.725. The maximum atomic E-state index is 12.3. The summed E-state index contributed by atoms with van der Waals surface area (Å²) in [7, 11) is 0. The molecule has 172 valence electrons. The number of thioether (sulfide) groups is 1. The molecule has 2 N–H and O–H groups in total. The van der Waals surface area contributed by atoms with Crippen LogP contribution in [0.1, 0.15) is 33.1 Å². The zero-order valence-electron chi connectivity index (χ0n) is 18.7. The molecule has 0 aliphatic carbocycles. The Morgan fingerprint density at radius 2 is 1.97 bits per heavy atom. The third-order valence-corrected chi connectivity index (χ3v) is 6.01. The lowest BCUT2D eigenvalue weighted by Gasteiger charge is -2.32. The maximum absolute atomic E-state index is 12.3. The van der Waals surface area contributed by atoms with E-state index in [1.807, 2.05) is 50.2 Å². The molecule has 8 nitrogen and oxygen atoms in total. The van der Waals surface area contributed by atoms with E-state index < -0.39 is 0 Å². The third kappa shape index (κ3) is 7.12. The van der Waals surface area contributed by atoms with Gasteiger partial charge in [0.05, 0.1) is 18.3 Å². The maximum Gasteiger partial charge on any atom is 0.234 e. The quantitative estimate of drug-likeness (QED) is 0.528. The number of amides is 2. The van der Waals surface area contributed by atoms with Crippen molar-refractivity contribution in [2.75, 3.05) is 42.2 Å². The van der Waals surface area contributed by atoms with Gasteiger partial charge in [0.2, 0.25) is 11.8 Å². The number of ether oxygens (including phenoxy) is 1. The van der Waals surface area contributed by atoms with Crippen LogP contribution in [0.3, 0.4) is 0 Å². The molecule has 0 radical (unpaired) electrons. The number of hydrogen-bond acceptors (Lipinski definition) is 7. The van der Waals surface area contributed by atoms with Gasteiger partial charge in [0.15, 0.2) is 5.82 Å². The molecule has 1 atom stereocenters. The monoisotopic (exact) mass is 457 g/mol. The van der Waals surface area contributed by atoms with Crippen molar-refractivity contribution in [2.45, 2.75) is 38.1 Å². The molecule has 9 heteroatoms. The molecule has 2 aromatic rings. The lowest BCUT2D eigenvalue weighted by molar-refractivity contribution is -0.125. The second-order valence-electron chi connectivity index (χ2n) is 7.60. The van der Waals surface area contributed by atoms with Crippen LogP contribution in [0.4, 0.5) is 11.5 Å². The number of hydrogen-bond donors (Lipinski definition) is 2. The molecule has 3 rings (SSSR count). The molecular formula is C23H31N5O3S. The van der Waals surface area contributed by atoms with Gasteiger partial charge in [-0.2, -0.15) is 0 Å². The van der Waals surface area contributed by atoms with Crippen molar-refractivity contribution in [1.29, 1.82) is 0 Å². The van der Waals surface area contributed by atoms with Gasteiger partial charge in [0, 0.05) is 25.3 Å². The Hall–Kier alpha value is -2.81. The Morgan fingerprint density at radius 3 is 2.66 bits per heavy atom. The van der Waals surface area contributed by atoms with E-state index in [2.05, 4.69) is 25.7 Å². The number of carbonyl (C=O) groups excluding carboxylic acids is 2. The predicted octanol–water partition coefficient (Wildman–Crippen LogP) is 3.35. The minimum Gasteiger partial charge on any atom is -0.494 e. The molecule has 0 bridgehead atoms. The molecule has 1 aromatic carbocycles. The van der Waals surface area contributed by atoms with Crippen LogP contribution in [0.2, 0.25) is 0 Å². The van der Waals surface area contributed by atoms with Crippen molar-refractivity contribution in [3.05, 3.63) is 36.4 Å². The zero-order chi connectivity index (χ0) is 22.8. The lowest BCUT2D eigenvalue weighted by Crippen LogP contribution is -2.43. The van der Waals surface area contributed by atoms with Gasteiger partial charge < -0.3 is 20.3 Å². The van der Waals surface area contributed by atoms with E-state index in [1.165, 1.54) is 11.8 Å². The van der Waals surface area contributed by atoms with E-state index in [9.17, 15) is 9.59 Å². The molecule has 1 aromatic heterocycles. The highest BCUT2D eigenvalue weighted by Crippen LogP contribution is 2.23. The average Bonchev–Trinajstić information content (AvgIpc) is 2.83. The Morgan fingerprint density at radius 1 is 1.16 bits per heavy atom. The molecule has 1 aliphatic heterocycles. The first-order chi connectivity index (χ1) is 15.6. The second-order valence-corrected chi connectivity index (χ2v) is 8.60. The van der Waals surface area contributed by atoms with Crippen molar-refractivity contribution >= 4 is 35.1 Å². The van der Waals surface area contributed by atoms with Gasteiger partial charge >= 0.3 is 0 Å². The first-order valence-corrected chi connectivity index (χ1v) is 12.1. The number of carbonyl (C=O) groups is 2. The van der Waals surface area contributed by atoms with E-state index in [0.717, 1.165) is 43.1 Å². The molecule has 0 saturated carbocycles. The van der Waals surface area contributed by atoms with Crippen molar-refractivity contribution in [3.63, 3.8) is 0 Å². The number of anilines is 2. The van der Waals surface area contributed by atoms with Crippen LogP contribution >= 0.6 is 11.8 Å². The Labute approximate surface area is 193 Å². The number of piperidine rings is 1. The van der Waals surface area contributed by atoms with E-state index in [1.54, 1.807) is 0 Å².